The number of benzene rings is 1. The summed E-state index contributed by atoms with van der Waals surface area (Å²) in [7, 11) is 0. The largest absolute Gasteiger partial charge is 0.328 e. The number of nitrogens with zero attached hydrogens (tertiary/aromatic N) is 1. The van der Waals surface area contributed by atoms with Crippen LogP contribution in [0.1, 0.15) is 18.9 Å². The third-order valence-electron chi connectivity index (χ3n) is 3.48. The second-order valence-corrected chi connectivity index (χ2v) is 4.86. The lowest BCUT2D eigenvalue weighted by atomic mass is 10.0. The molecule has 2 rings (SSSR count). The van der Waals surface area contributed by atoms with Crippen molar-refractivity contribution in [2.24, 2.45) is 11.7 Å². The molecular formula is C13H19ClF2N2. The molecule has 0 radical (unpaired) electrons. The molecule has 2 nitrogen and oxygen atoms in total. The molecular weight excluding hydrogens is 258 g/mol. The topological polar surface area (TPSA) is 29.3 Å². The van der Waals surface area contributed by atoms with E-state index < -0.39 is 11.6 Å². The minimum atomic E-state index is -0.773. The Hall–Kier alpha value is -0.710. The fourth-order valence-electron chi connectivity index (χ4n) is 2.35. The van der Waals surface area contributed by atoms with Crippen LogP contribution in [0.3, 0.4) is 0 Å². The molecule has 2 N–H and O–H groups in total. The van der Waals surface area contributed by atoms with E-state index in [-0.39, 0.29) is 18.4 Å². The predicted molar refractivity (Wildman–Crippen MR) is 70.6 cm³/mol. The molecule has 0 amide bonds. The first-order valence-corrected chi connectivity index (χ1v) is 5.98. The molecule has 0 saturated carbocycles. The van der Waals surface area contributed by atoms with Gasteiger partial charge in [-0.25, -0.2) is 8.78 Å². The van der Waals surface area contributed by atoms with Crippen LogP contribution in [0.25, 0.3) is 0 Å². The quantitative estimate of drug-likeness (QED) is 0.919. The van der Waals surface area contributed by atoms with E-state index >= 15 is 0 Å². The van der Waals surface area contributed by atoms with Gasteiger partial charge in [0.2, 0.25) is 0 Å². The summed E-state index contributed by atoms with van der Waals surface area (Å²) in [6.07, 6.45) is 1.04. The molecule has 1 fully saturated rings. The van der Waals surface area contributed by atoms with Gasteiger partial charge in [-0.15, -0.1) is 12.4 Å². The molecule has 1 aliphatic rings. The summed E-state index contributed by atoms with van der Waals surface area (Å²) in [6.45, 7) is 4.24. The zero-order valence-electron chi connectivity index (χ0n) is 10.4. The molecule has 2 unspecified atom stereocenters. The summed E-state index contributed by atoms with van der Waals surface area (Å²) < 4.78 is 26.5. The monoisotopic (exact) mass is 276 g/mol. The molecule has 0 aromatic heterocycles. The van der Waals surface area contributed by atoms with Crippen molar-refractivity contribution in [3.05, 3.63) is 35.4 Å². The average molecular weight is 277 g/mol. The van der Waals surface area contributed by atoms with Gasteiger partial charge < -0.3 is 5.73 Å². The number of rotatable bonds is 3. The highest BCUT2D eigenvalue weighted by Gasteiger charge is 2.25. The van der Waals surface area contributed by atoms with Gasteiger partial charge in [-0.3, -0.25) is 4.90 Å². The van der Waals surface area contributed by atoms with Crippen LogP contribution < -0.4 is 5.73 Å². The highest BCUT2D eigenvalue weighted by molar-refractivity contribution is 5.85. The van der Waals surface area contributed by atoms with Crippen molar-refractivity contribution in [1.29, 1.82) is 0 Å². The van der Waals surface area contributed by atoms with Gasteiger partial charge in [0.25, 0.3) is 0 Å². The van der Waals surface area contributed by atoms with Crippen LogP contribution in [0, 0.1) is 17.6 Å². The Labute approximate surface area is 113 Å². The van der Waals surface area contributed by atoms with Gasteiger partial charge in [-0.05, 0) is 31.9 Å². The zero-order valence-corrected chi connectivity index (χ0v) is 11.2. The van der Waals surface area contributed by atoms with E-state index in [1.807, 2.05) is 6.92 Å². The number of hydrogen-bond acceptors (Lipinski definition) is 2. The molecule has 102 valence electrons. The molecule has 18 heavy (non-hydrogen) atoms. The van der Waals surface area contributed by atoms with Gasteiger partial charge >= 0.3 is 0 Å². The fourth-order valence-corrected chi connectivity index (χ4v) is 2.35. The lowest BCUT2D eigenvalue weighted by Crippen LogP contribution is -2.29. The van der Waals surface area contributed by atoms with Crippen LogP contribution in [0.5, 0.6) is 0 Å². The van der Waals surface area contributed by atoms with Crippen molar-refractivity contribution in [2.75, 3.05) is 13.1 Å². The standard InChI is InChI=1S/C13H18F2N2.ClH/c1-9(16)10-5-6-17(7-10)8-11-3-2-4-12(14)13(11)15;/h2-4,9-10H,5-8,16H2,1H3;1H. The van der Waals surface area contributed by atoms with Crippen LogP contribution in [-0.4, -0.2) is 24.0 Å². The minimum Gasteiger partial charge on any atom is -0.328 e. The molecule has 1 aliphatic heterocycles. The molecule has 1 aromatic carbocycles. The Morgan fingerprint density at radius 3 is 2.78 bits per heavy atom. The first kappa shape index (κ1) is 15.3. The summed E-state index contributed by atoms with van der Waals surface area (Å²) in [6, 6.07) is 4.50. The summed E-state index contributed by atoms with van der Waals surface area (Å²) in [5.74, 6) is -1.03. The van der Waals surface area contributed by atoms with E-state index in [0.29, 0.717) is 18.0 Å². The predicted octanol–water partition coefficient (Wildman–Crippen LogP) is 2.56. The summed E-state index contributed by atoms with van der Waals surface area (Å²) in [4.78, 5) is 2.13. The Balaban J connectivity index is 0.00000162. The Kier molecular flexibility index (Phi) is 5.50. The van der Waals surface area contributed by atoms with E-state index in [2.05, 4.69) is 4.90 Å². The van der Waals surface area contributed by atoms with Crippen LogP contribution in [-0.2, 0) is 6.54 Å². The van der Waals surface area contributed by atoms with E-state index in [0.717, 1.165) is 25.6 Å². The third-order valence-corrected chi connectivity index (χ3v) is 3.48. The first-order valence-electron chi connectivity index (χ1n) is 5.98. The second-order valence-electron chi connectivity index (χ2n) is 4.86. The number of likely N-dealkylation sites (tertiary alicyclic amines) is 1. The van der Waals surface area contributed by atoms with Crippen molar-refractivity contribution >= 4 is 12.4 Å². The molecule has 5 heteroatoms. The van der Waals surface area contributed by atoms with Gasteiger partial charge in [0.05, 0.1) is 0 Å². The van der Waals surface area contributed by atoms with Crippen LogP contribution in [0.2, 0.25) is 0 Å². The molecule has 0 aliphatic carbocycles. The van der Waals surface area contributed by atoms with E-state index in [9.17, 15) is 8.78 Å². The van der Waals surface area contributed by atoms with Gasteiger partial charge in [0.15, 0.2) is 11.6 Å². The Morgan fingerprint density at radius 1 is 1.44 bits per heavy atom. The summed E-state index contributed by atoms with van der Waals surface area (Å²) >= 11 is 0. The van der Waals surface area contributed by atoms with Crippen molar-refractivity contribution in [1.82, 2.24) is 4.90 Å². The van der Waals surface area contributed by atoms with Gasteiger partial charge in [0.1, 0.15) is 0 Å². The maximum atomic E-state index is 13.5. The van der Waals surface area contributed by atoms with Crippen LogP contribution in [0.15, 0.2) is 18.2 Å². The van der Waals surface area contributed by atoms with Crippen molar-refractivity contribution < 1.29 is 8.78 Å². The van der Waals surface area contributed by atoms with E-state index in [4.69, 9.17) is 5.73 Å². The molecule has 2 atom stereocenters. The van der Waals surface area contributed by atoms with Gasteiger partial charge in [-0.2, -0.15) is 0 Å². The minimum absolute atomic E-state index is 0. The highest BCUT2D eigenvalue weighted by atomic mass is 35.5. The summed E-state index contributed by atoms with van der Waals surface area (Å²) in [5, 5.41) is 0. The average Bonchev–Trinajstić information content (AvgIpc) is 2.73. The Morgan fingerprint density at radius 2 is 2.17 bits per heavy atom. The third kappa shape index (κ3) is 3.40. The number of hydrogen-bond donors (Lipinski definition) is 1. The maximum absolute atomic E-state index is 13.5. The summed E-state index contributed by atoms with van der Waals surface area (Å²) in [5.41, 5.74) is 6.27. The molecule has 1 saturated heterocycles. The number of nitrogens with two attached hydrogens (primary N) is 1. The number of halogens is 3. The SMILES string of the molecule is CC(N)C1CCN(Cc2cccc(F)c2F)C1.Cl. The van der Waals surface area contributed by atoms with Crippen molar-refractivity contribution in [2.45, 2.75) is 25.9 Å². The van der Waals surface area contributed by atoms with Gasteiger partial charge in [0, 0.05) is 24.7 Å². The fraction of sp³-hybridized carbons (Fsp3) is 0.538. The molecule has 1 heterocycles. The van der Waals surface area contributed by atoms with Crippen molar-refractivity contribution in [3.8, 4) is 0 Å². The first-order chi connectivity index (χ1) is 8.08. The smallest absolute Gasteiger partial charge is 0.163 e. The normalized spacial score (nSPS) is 21.7. The van der Waals surface area contributed by atoms with Crippen LogP contribution >= 0.6 is 12.4 Å². The zero-order chi connectivity index (χ0) is 12.4. The van der Waals surface area contributed by atoms with E-state index in [1.165, 1.54) is 0 Å². The van der Waals surface area contributed by atoms with Gasteiger partial charge in [-0.1, -0.05) is 12.1 Å². The molecule has 0 bridgehead atoms. The highest BCUT2D eigenvalue weighted by Crippen LogP contribution is 2.22. The lowest BCUT2D eigenvalue weighted by molar-refractivity contribution is 0.302. The Bertz CT molecular complexity index is 399. The van der Waals surface area contributed by atoms with E-state index in [1.54, 1.807) is 12.1 Å². The van der Waals surface area contributed by atoms with Crippen molar-refractivity contribution in [3.63, 3.8) is 0 Å². The molecule has 0 spiro atoms. The lowest BCUT2D eigenvalue weighted by Gasteiger charge is -2.18. The van der Waals surface area contributed by atoms with Crippen LogP contribution in [0.4, 0.5) is 8.78 Å². The molecule has 1 aromatic rings. The maximum Gasteiger partial charge on any atom is 0.163 e. The second kappa shape index (κ2) is 6.45.